The normalized spacial score (nSPS) is 15.1. The summed E-state index contributed by atoms with van der Waals surface area (Å²) in [6.07, 6.45) is 7.72. The summed E-state index contributed by atoms with van der Waals surface area (Å²) in [5.41, 5.74) is 1.76. The van der Waals surface area contributed by atoms with Crippen LogP contribution in [0.25, 0.3) is 11.2 Å². The minimum atomic E-state index is 0.845. The molecule has 0 unspecified atom stereocenters. The van der Waals surface area contributed by atoms with E-state index < -0.39 is 0 Å². The van der Waals surface area contributed by atoms with Crippen molar-refractivity contribution in [2.24, 2.45) is 0 Å². The number of hydrogen-bond donors (Lipinski definition) is 1. The highest BCUT2D eigenvalue weighted by Crippen LogP contribution is 2.01. The standard InChI is InChI=1S/C6H5N3.C4H8O/c1-2-8-6-5(1)7-3-4-9-6;1-2-4-5-3-1/h1-4H,(H,8,9);1-4H2. The van der Waals surface area contributed by atoms with E-state index in [1.165, 1.54) is 12.8 Å². The summed E-state index contributed by atoms with van der Waals surface area (Å²) in [7, 11) is 0. The molecule has 3 heterocycles. The molecule has 14 heavy (non-hydrogen) atoms. The molecule has 1 saturated heterocycles. The third-order valence-corrected chi connectivity index (χ3v) is 2.02. The molecule has 3 rings (SSSR count). The molecular formula is C10H13N3O. The molecule has 0 atom stereocenters. The van der Waals surface area contributed by atoms with Crippen molar-refractivity contribution < 1.29 is 4.74 Å². The van der Waals surface area contributed by atoms with Gasteiger partial charge in [-0.3, -0.25) is 4.98 Å². The summed E-state index contributed by atoms with van der Waals surface area (Å²) >= 11 is 0. The number of aromatic nitrogens is 3. The monoisotopic (exact) mass is 191 g/mol. The quantitative estimate of drug-likeness (QED) is 0.690. The van der Waals surface area contributed by atoms with Crippen molar-refractivity contribution in [3.8, 4) is 0 Å². The molecule has 0 saturated carbocycles. The lowest BCUT2D eigenvalue weighted by molar-refractivity contribution is 0.198. The number of nitrogens with zero attached hydrogens (tertiary/aromatic N) is 2. The van der Waals surface area contributed by atoms with E-state index in [1.807, 2.05) is 12.3 Å². The molecule has 0 amide bonds. The second-order valence-electron chi connectivity index (χ2n) is 3.09. The Bertz CT molecular complexity index is 344. The Hall–Kier alpha value is -1.42. The summed E-state index contributed by atoms with van der Waals surface area (Å²) < 4.78 is 4.94. The molecule has 1 aliphatic heterocycles. The van der Waals surface area contributed by atoms with Crippen molar-refractivity contribution in [1.82, 2.24) is 15.0 Å². The van der Waals surface area contributed by atoms with Gasteiger partial charge < -0.3 is 9.72 Å². The van der Waals surface area contributed by atoms with Gasteiger partial charge in [0, 0.05) is 31.8 Å². The second-order valence-corrected chi connectivity index (χ2v) is 3.09. The maximum Gasteiger partial charge on any atom is 0.155 e. The predicted octanol–water partition coefficient (Wildman–Crippen LogP) is 1.75. The van der Waals surface area contributed by atoms with Crippen molar-refractivity contribution in [2.45, 2.75) is 12.8 Å². The van der Waals surface area contributed by atoms with Crippen LogP contribution < -0.4 is 0 Å². The Labute approximate surface area is 82.3 Å². The van der Waals surface area contributed by atoms with Gasteiger partial charge in [0.2, 0.25) is 0 Å². The molecule has 0 aromatic carbocycles. The van der Waals surface area contributed by atoms with Crippen LogP contribution in [0.4, 0.5) is 0 Å². The maximum atomic E-state index is 4.94. The zero-order chi connectivity index (χ0) is 9.64. The molecule has 4 heteroatoms. The molecule has 2 aromatic heterocycles. The Kier molecular flexibility index (Phi) is 3.08. The topological polar surface area (TPSA) is 50.8 Å². The molecule has 4 nitrogen and oxygen atoms in total. The Morgan fingerprint density at radius 1 is 1.14 bits per heavy atom. The van der Waals surface area contributed by atoms with Crippen LogP contribution in [0, 0.1) is 0 Å². The number of aromatic amines is 1. The van der Waals surface area contributed by atoms with E-state index in [0.717, 1.165) is 24.4 Å². The summed E-state index contributed by atoms with van der Waals surface area (Å²) in [6.45, 7) is 2.00. The number of H-pyrrole nitrogens is 1. The molecule has 2 aromatic rings. The van der Waals surface area contributed by atoms with Gasteiger partial charge in [-0.15, -0.1) is 0 Å². The number of ether oxygens (including phenoxy) is 1. The van der Waals surface area contributed by atoms with E-state index in [4.69, 9.17) is 4.74 Å². The molecule has 74 valence electrons. The number of nitrogens with one attached hydrogen (secondary N) is 1. The SMILES string of the molecule is C1CCOC1.c1cnc2[nH]ccc2n1. The van der Waals surface area contributed by atoms with Crippen LogP contribution in [0.2, 0.25) is 0 Å². The van der Waals surface area contributed by atoms with Crippen LogP contribution in [0.3, 0.4) is 0 Å². The fraction of sp³-hybridized carbons (Fsp3) is 0.400. The summed E-state index contributed by atoms with van der Waals surface area (Å²) in [5, 5.41) is 0. The molecule has 1 fully saturated rings. The van der Waals surface area contributed by atoms with Crippen molar-refractivity contribution >= 4 is 11.2 Å². The summed E-state index contributed by atoms with van der Waals surface area (Å²) in [6, 6.07) is 1.89. The van der Waals surface area contributed by atoms with Gasteiger partial charge in [-0.05, 0) is 18.9 Å². The first-order valence-electron chi connectivity index (χ1n) is 4.78. The van der Waals surface area contributed by atoms with E-state index in [1.54, 1.807) is 12.4 Å². The summed E-state index contributed by atoms with van der Waals surface area (Å²) in [4.78, 5) is 11.0. The number of hydrogen-bond acceptors (Lipinski definition) is 3. The highest BCUT2D eigenvalue weighted by atomic mass is 16.5. The van der Waals surface area contributed by atoms with E-state index in [9.17, 15) is 0 Å². The number of rotatable bonds is 0. The molecule has 1 N–H and O–H groups in total. The van der Waals surface area contributed by atoms with Gasteiger partial charge in [0.05, 0.1) is 0 Å². The van der Waals surface area contributed by atoms with Gasteiger partial charge in [-0.25, -0.2) is 4.98 Å². The maximum absolute atomic E-state index is 4.94. The molecule has 0 bridgehead atoms. The van der Waals surface area contributed by atoms with Crippen molar-refractivity contribution in [3.63, 3.8) is 0 Å². The fourth-order valence-corrected chi connectivity index (χ4v) is 1.29. The van der Waals surface area contributed by atoms with E-state index in [0.29, 0.717) is 0 Å². The average Bonchev–Trinajstić information content (AvgIpc) is 2.92. The summed E-state index contributed by atoms with van der Waals surface area (Å²) in [5.74, 6) is 0. The third kappa shape index (κ3) is 2.29. The van der Waals surface area contributed by atoms with Gasteiger partial charge in [-0.1, -0.05) is 0 Å². The van der Waals surface area contributed by atoms with E-state index in [-0.39, 0.29) is 0 Å². The number of fused-ring (bicyclic) bond motifs is 1. The Morgan fingerprint density at radius 3 is 2.57 bits per heavy atom. The van der Waals surface area contributed by atoms with Gasteiger partial charge >= 0.3 is 0 Å². The third-order valence-electron chi connectivity index (χ3n) is 2.02. The average molecular weight is 191 g/mol. The molecule has 0 aliphatic carbocycles. The van der Waals surface area contributed by atoms with Crippen molar-refractivity contribution in [1.29, 1.82) is 0 Å². The fourth-order valence-electron chi connectivity index (χ4n) is 1.29. The minimum Gasteiger partial charge on any atom is -0.381 e. The molecule has 1 aliphatic rings. The van der Waals surface area contributed by atoms with Crippen molar-refractivity contribution in [3.05, 3.63) is 24.7 Å². The van der Waals surface area contributed by atoms with Crippen molar-refractivity contribution in [2.75, 3.05) is 13.2 Å². The van der Waals surface area contributed by atoms with Gasteiger partial charge in [0.1, 0.15) is 5.52 Å². The first-order valence-corrected chi connectivity index (χ1v) is 4.78. The first-order chi connectivity index (χ1) is 6.97. The van der Waals surface area contributed by atoms with Crippen LogP contribution in [0.15, 0.2) is 24.7 Å². The van der Waals surface area contributed by atoms with Crippen LogP contribution in [0.5, 0.6) is 0 Å². The predicted molar refractivity (Wildman–Crippen MR) is 53.9 cm³/mol. The smallest absolute Gasteiger partial charge is 0.155 e. The van der Waals surface area contributed by atoms with Crippen LogP contribution in [0.1, 0.15) is 12.8 Å². The largest absolute Gasteiger partial charge is 0.381 e. The van der Waals surface area contributed by atoms with E-state index >= 15 is 0 Å². The first kappa shape index (κ1) is 9.15. The van der Waals surface area contributed by atoms with E-state index in [2.05, 4.69) is 15.0 Å². The lowest BCUT2D eigenvalue weighted by Gasteiger charge is -1.81. The highest BCUT2D eigenvalue weighted by molar-refractivity contribution is 5.69. The zero-order valence-electron chi connectivity index (χ0n) is 7.94. The lowest BCUT2D eigenvalue weighted by Crippen LogP contribution is -1.75. The minimum absolute atomic E-state index is 0.845. The Morgan fingerprint density at radius 2 is 1.93 bits per heavy atom. The second kappa shape index (κ2) is 4.72. The van der Waals surface area contributed by atoms with Gasteiger partial charge in [-0.2, -0.15) is 0 Å². The molecular weight excluding hydrogens is 178 g/mol. The molecule has 0 spiro atoms. The van der Waals surface area contributed by atoms with Crippen LogP contribution in [-0.4, -0.2) is 28.2 Å². The Balaban J connectivity index is 0.000000128. The molecule has 0 radical (unpaired) electrons. The van der Waals surface area contributed by atoms with Crippen LogP contribution >= 0.6 is 0 Å². The highest BCUT2D eigenvalue weighted by Gasteiger charge is 1.94. The zero-order valence-corrected chi connectivity index (χ0v) is 7.94. The lowest BCUT2D eigenvalue weighted by atomic mass is 10.4. The van der Waals surface area contributed by atoms with Gasteiger partial charge in [0.25, 0.3) is 0 Å². The van der Waals surface area contributed by atoms with Gasteiger partial charge in [0.15, 0.2) is 5.65 Å². The van der Waals surface area contributed by atoms with Crippen LogP contribution in [-0.2, 0) is 4.74 Å².